The number of carbonyl (C=O) groups excluding carboxylic acids is 1. The third-order valence-corrected chi connectivity index (χ3v) is 2.98. The zero-order valence-corrected chi connectivity index (χ0v) is 11.1. The Morgan fingerprint density at radius 1 is 1.37 bits per heavy atom. The topological polar surface area (TPSA) is 68.0 Å². The van der Waals surface area contributed by atoms with E-state index in [4.69, 9.17) is 5.73 Å². The summed E-state index contributed by atoms with van der Waals surface area (Å²) in [5, 5.41) is 3.90. The maximum atomic E-state index is 11.9. The lowest BCUT2D eigenvalue weighted by molar-refractivity contribution is -0.116. The van der Waals surface area contributed by atoms with Gasteiger partial charge in [0.2, 0.25) is 5.91 Å². The molecule has 0 spiro atoms. The fraction of sp³-hybridized carbons (Fsp3) is 0.333. The van der Waals surface area contributed by atoms with Crippen LogP contribution >= 0.6 is 0 Å². The van der Waals surface area contributed by atoms with Crippen LogP contribution in [0, 0.1) is 0 Å². The van der Waals surface area contributed by atoms with E-state index in [9.17, 15) is 4.79 Å². The van der Waals surface area contributed by atoms with Gasteiger partial charge in [-0.1, -0.05) is 6.07 Å². The van der Waals surface area contributed by atoms with E-state index >= 15 is 0 Å². The maximum Gasteiger partial charge on any atom is 0.224 e. The second-order valence-corrected chi connectivity index (χ2v) is 4.79. The minimum absolute atomic E-state index is 0.0250. The maximum absolute atomic E-state index is 11.9. The molecule has 0 aliphatic rings. The van der Waals surface area contributed by atoms with Gasteiger partial charge < -0.3 is 11.1 Å². The zero-order chi connectivity index (χ0) is 13.7. The summed E-state index contributed by atoms with van der Waals surface area (Å²) in [7, 11) is 0. The standard InChI is InChI=1S/C15H19N3O/c1-11(16)5-2-9-15(19)18-14-8-3-7-13-12(14)6-4-10-17-13/h3-4,6-8,10-11H,2,5,9,16H2,1H3,(H,18,19). The number of nitrogens with two attached hydrogens (primary N) is 1. The summed E-state index contributed by atoms with van der Waals surface area (Å²) >= 11 is 0. The summed E-state index contributed by atoms with van der Waals surface area (Å²) in [6.07, 6.45) is 3.92. The molecule has 1 aromatic heterocycles. The lowest BCUT2D eigenvalue weighted by Crippen LogP contribution is -2.16. The highest BCUT2D eigenvalue weighted by molar-refractivity contribution is 6.00. The van der Waals surface area contributed by atoms with Crippen LogP contribution in [0.5, 0.6) is 0 Å². The number of carbonyl (C=O) groups is 1. The number of nitrogens with one attached hydrogen (secondary N) is 1. The minimum Gasteiger partial charge on any atom is -0.328 e. The van der Waals surface area contributed by atoms with Crippen LogP contribution in [-0.4, -0.2) is 16.9 Å². The highest BCUT2D eigenvalue weighted by Gasteiger charge is 2.06. The van der Waals surface area contributed by atoms with Gasteiger partial charge in [-0.05, 0) is 44.0 Å². The van der Waals surface area contributed by atoms with Gasteiger partial charge in [0.15, 0.2) is 0 Å². The molecular weight excluding hydrogens is 238 g/mol. The van der Waals surface area contributed by atoms with Gasteiger partial charge in [0.1, 0.15) is 0 Å². The number of hydrogen-bond donors (Lipinski definition) is 2. The van der Waals surface area contributed by atoms with E-state index in [1.165, 1.54) is 0 Å². The van der Waals surface area contributed by atoms with Gasteiger partial charge >= 0.3 is 0 Å². The Balaban J connectivity index is 2.03. The minimum atomic E-state index is 0.0250. The summed E-state index contributed by atoms with van der Waals surface area (Å²) < 4.78 is 0. The number of rotatable bonds is 5. The third-order valence-electron chi connectivity index (χ3n) is 2.98. The first-order chi connectivity index (χ1) is 9.16. The monoisotopic (exact) mass is 257 g/mol. The predicted molar refractivity (Wildman–Crippen MR) is 77.9 cm³/mol. The molecule has 0 aliphatic heterocycles. The zero-order valence-electron chi connectivity index (χ0n) is 11.1. The lowest BCUT2D eigenvalue weighted by Gasteiger charge is -2.09. The van der Waals surface area contributed by atoms with Crippen LogP contribution in [0.1, 0.15) is 26.2 Å². The molecule has 100 valence electrons. The van der Waals surface area contributed by atoms with Gasteiger partial charge in [0, 0.05) is 24.0 Å². The number of aromatic nitrogens is 1. The number of amides is 1. The molecule has 1 aromatic carbocycles. The van der Waals surface area contributed by atoms with Crippen molar-refractivity contribution < 1.29 is 4.79 Å². The average molecular weight is 257 g/mol. The molecule has 1 amide bonds. The average Bonchev–Trinajstić information content (AvgIpc) is 2.39. The highest BCUT2D eigenvalue weighted by Crippen LogP contribution is 2.21. The Morgan fingerprint density at radius 3 is 3.00 bits per heavy atom. The molecule has 0 saturated carbocycles. The molecule has 3 N–H and O–H groups in total. The second kappa shape index (κ2) is 6.29. The summed E-state index contributed by atoms with van der Waals surface area (Å²) in [6, 6.07) is 9.70. The van der Waals surface area contributed by atoms with Crippen LogP contribution < -0.4 is 11.1 Å². The van der Waals surface area contributed by atoms with Gasteiger partial charge in [0.25, 0.3) is 0 Å². The molecule has 2 rings (SSSR count). The molecular formula is C15H19N3O. The number of hydrogen-bond acceptors (Lipinski definition) is 3. The van der Waals surface area contributed by atoms with Gasteiger partial charge in [-0.2, -0.15) is 0 Å². The van der Waals surface area contributed by atoms with E-state index in [0.29, 0.717) is 6.42 Å². The quantitative estimate of drug-likeness (QED) is 0.865. The lowest BCUT2D eigenvalue weighted by atomic mass is 10.1. The van der Waals surface area contributed by atoms with E-state index in [2.05, 4.69) is 10.3 Å². The molecule has 1 heterocycles. The largest absolute Gasteiger partial charge is 0.328 e. The molecule has 4 nitrogen and oxygen atoms in total. The molecule has 1 atom stereocenters. The van der Waals surface area contributed by atoms with Crippen molar-refractivity contribution in [1.82, 2.24) is 4.98 Å². The predicted octanol–water partition coefficient (Wildman–Crippen LogP) is 2.69. The van der Waals surface area contributed by atoms with Crippen LogP contribution in [0.4, 0.5) is 5.69 Å². The Morgan fingerprint density at radius 2 is 2.21 bits per heavy atom. The van der Waals surface area contributed by atoms with E-state index in [0.717, 1.165) is 29.4 Å². The molecule has 2 aromatic rings. The first-order valence-electron chi connectivity index (χ1n) is 6.56. The van der Waals surface area contributed by atoms with Crippen LogP contribution in [-0.2, 0) is 4.79 Å². The van der Waals surface area contributed by atoms with Crippen LogP contribution in [0.3, 0.4) is 0 Å². The fourth-order valence-corrected chi connectivity index (χ4v) is 2.01. The van der Waals surface area contributed by atoms with Crippen LogP contribution in [0.15, 0.2) is 36.5 Å². The van der Waals surface area contributed by atoms with E-state index < -0.39 is 0 Å². The Labute approximate surface area is 113 Å². The fourth-order valence-electron chi connectivity index (χ4n) is 2.01. The van der Waals surface area contributed by atoms with E-state index in [-0.39, 0.29) is 11.9 Å². The van der Waals surface area contributed by atoms with Crippen molar-refractivity contribution >= 4 is 22.5 Å². The van der Waals surface area contributed by atoms with Crippen molar-refractivity contribution in [2.24, 2.45) is 5.73 Å². The SMILES string of the molecule is CC(N)CCCC(=O)Nc1cccc2ncccc12. The molecule has 4 heteroatoms. The summed E-state index contributed by atoms with van der Waals surface area (Å²) in [5.41, 5.74) is 7.37. The van der Waals surface area contributed by atoms with Crippen molar-refractivity contribution in [2.75, 3.05) is 5.32 Å². The van der Waals surface area contributed by atoms with Crippen molar-refractivity contribution in [2.45, 2.75) is 32.2 Å². The van der Waals surface area contributed by atoms with E-state index in [1.54, 1.807) is 6.20 Å². The van der Waals surface area contributed by atoms with Crippen molar-refractivity contribution in [3.8, 4) is 0 Å². The van der Waals surface area contributed by atoms with Crippen LogP contribution in [0.2, 0.25) is 0 Å². The Bertz CT molecular complexity index is 561. The van der Waals surface area contributed by atoms with Crippen molar-refractivity contribution in [3.63, 3.8) is 0 Å². The Hall–Kier alpha value is -1.94. The molecule has 0 aliphatic carbocycles. The molecule has 0 fully saturated rings. The second-order valence-electron chi connectivity index (χ2n) is 4.79. The summed E-state index contributed by atoms with van der Waals surface area (Å²) in [4.78, 5) is 16.1. The number of benzene rings is 1. The number of anilines is 1. The molecule has 0 bridgehead atoms. The van der Waals surface area contributed by atoms with Gasteiger partial charge in [-0.25, -0.2) is 0 Å². The smallest absolute Gasteiger partial charge is 0.224 e. The first-order valence-corrected chi connectivity index (χ1v) is 6.56. The van der Waals surface area contributed by atoms with Crippen molar-refractivity contribution in [3.05, 3.63) is 36.5 Å². The van der Waals surface area contributed by atoms with Gasteiger partial charge in [-0.3, -0.25) is 9.78 Å². The molecule has 0 radical (unpaired) electrons. The van der Waals surface area contributed by atoms with E-state index in [1.807, 2.05) is 37.3 Å². The number of fused-ring (bicyclic) bond motifs is 1. The number of nitrogens with zero attached hydrogens (tertiary/aromatic N) is 1. The third kappa shape index (κ3) is 3.76. The number of pyridine rings is 1. The Kier molecular flexibility index (Phi) is 4.47. The van der Waals surface area contributed by atoms with Crippen molar-refractivity contribution in [1.29, 1.82) is 0 Å². The normalized spacial score (nSPS) is 12.3. The summed E-state index contributed by atoms with van der Waals surface area (Å²) in [5.74, 6) is 0.0250. The highest BCUT2D eigenvalue weighted by atomic mass is 16.1. The molecule has 19 heavy (non-hydrogen) atoms. The summed E-state index contributed by atoms with van der Waals surface area (Å²) in [6.45, 7) is 1.95. The molecule has 1 unspecified atom stereocenters. The van der Waals surface area contributed by atoms with Gasteiger partial charge in [0.05, 0.1) is 11.2 Å². The van der Waals surface area contributed by atoms with Crippen LogP contribution in [0.25, 0.3) is 10.9 Å². The molecule has 0 saturated heterocycles. The van der Waals surface area contributed by atoms with Gasteiger partial charge in [-0.15, -0.1) is 0 Å². The first kappa shape index (κ1) is 13.5.